The molecule has 1 aliphatic carbocycles. The predicted octanol–water partition coefficient (Wildman–Crippen LogP) is 3.32. The predicted molar refractivity (Wildman–Crippen MR) is 150 cm³/mol. The molecule has 42 heavy (non-hydrogen) atoms. The monoisotopic (exact) mass is 586 g/mol. The van der Waals surface area contributed by atoms with Gasteiger partial charge >= 0.3 is 12.1 Å². The molecular weight excluding hydrogens is 548 g/mol. The number of rotatable bonds is 5. The molecule has 13 nitrogen and oxygen atoms in total. The molecule has 1 saturated carbocycles. The normalized spacial score (nSPS) is 28.3. The van der Waals surface area contributed by atoms with Gasteiger partial charge in [0, 0.05) is 24.5 Å². The van der Waals surface area contributed by atoms with Gasteiger partial charge in [0.2, 0.25) is 11.8 Å². The van der Waals surface area contributed by atoms with Crippen molar-refractivity contribution in [1.29, 1.82) is 0 Å². The number of fused-ring (bicyclic) bond motifs is 2. The molecule has 2 fully saturated rings. The highest BCUT2D eigenvalue weighted by atomic mass is 16.6. The van der Waals surface area contributed by atoms with Crippen LogP contribution in [0.25, 0.3) is 0 Å². The fourth-order valence-electron chi connectivity index (χ4n) is 5.44. The summed E-state index contributed by atoms with van der Waals surface area (Å²) < 4.78 is 11.4. The molecule has 1 aromatic rings. The van der Waals surface area contributed by atoms with E-state index in [4.69, 9.17) is 9.47 Å². The second-order valence-corrected chi connectivity index (χ2v) is 12.1. The Balaban J connectivity index is 1.60. The number of hydrogen-bond acceptors (Lipinski definition) is 8. The van der Waals surface area contributed by atoms with E-state index in [2.05, 4.69) is 10.6 Å². The van der Waals surface area contributed by atoms with Crippen molar-refractivity contribution in [2.45, 2.75) is 95.0 Å². The van der Waals surface area contributed by atoms with E-state index in [-0.39, 0.29) is 31.0 Å². The minimum absolute atomic E-state index is 0.0101. The lowest BCUT2D eigenvalue weighted by Crippen LogP contribution is -2.56. The van der Waals surface area contributed by atoms with Crippen molar-refractivity contribution in [1.82, 2.24) is 15.5 Å². The number of aliphatic carboxylic acids is 1. The summed E-state index contributed by atoms with van der Waals surface area (Å²) in [5.41, 5.74) is -2.35. The number of alkyl carbamates (subject to hydrolysis) is 1. The third-order valence-corrected chi connectivity index (χ3v) is 7.66. The molecule has 5 unspecified atom stereocenters. The van der Waals surface area contributed by atoms with Crippen LogP contribution in [0.2, 0.25) is 0 Å². The van der Waals surface area contributed by atoms with E-state index < -0.39 is 58.1 Å². The number of amides is 3. The molecule has 2 heterocycles. The summed E-state index contributed by atoms with van der Waals surface area (Å²) in [6, 6.07) is 3.41. The molecule has 0 bridgehead atoms. The number of nitro benzene ring substituents is 1. The van der Waals surface area contributed by atoms with E-state index in [0.29, 0.717) is 18.6 Å². The zero-order chi connectivity index (χ0) is 30.7. The average molecular weight is 587 g/mol. The van der Waals surface area contributed by atoms with E-state index in [1.165, 1.54) is 29.2 Å². The Kier molecular flexibility index (Phi) is 9.07. The topological polar surface area (TPSA) is 177 Å². The van der Waals surface area contributed by atoms with Gasteiger partial charge in [0.25, 0.3) is 5.69 Å². The third-order valence-electron chi connectivity index (χ3n) is 7.66. The van der Waals surface area contributed by atoms with Gasteiger partial charge < -0.3 is 30.1 Å². The summed E-state index contributed by atoms with van der Waals surface area (Å²) in [6.45, 7) is 5.12. The molecule has 0 radical (unpaired) electrons. The lowest BCUT2D eigenvalue weighted by atomic mass is 10.0. The SMILES string of the molecule is CC(C)(C)OC(=O)NC1CCCCCC=CC2CC2(C(=O)O)NC(=O)C2CC(Oc3ccc([N+](=O)[O-])cc3)CN2C1=O. The first-order chi connectivity index (χ1) is 19.8. The second-order valence-electron chi connectivity index (χ2n) is 12.1. The Labute approximate surface area is 243 Å². The smallest absolute Gasteiger partial charge is 0.408 e. The van der Waals surface area contributed by atoms with Gasteiger partial charge in [-0.1, -0.05) is 25.0 Å². The number of allylic oxidation sites excluding steroid dienone is 1. The van der Waals surface area contributed by atoms with Gasteiger partial charge in [-0.05, 0) is 58.6 Å². The fraction of sp³-hybridized carbons (Fsp3) is 0.586. The molecule has 5 atom stereocenters. The number of nitrogens with zero attached hydrogens (tertiary/aromatic N) is 2. The quantitative estimate of drug-likeness (QED) is 0.265. The number of benzene rings is 1. The first-order valence-electron chi connectivity index (χ1n) is 14.2. The summed E-state index contributed by atoms with van der Waals surface area (Å²) in [6.07, 6.45) is 5.94. The Morgan fingerprint density at radius 2 is 1.88 bits per heavy atom. The molecule has 1 aromatic carbocycles. The molecule has 1 saturated heterocycles. The van der Waals surface area contributed by atoms with Crippen LogP contribution in [0.1, 0.15) is 65.7 Å². The van der Waals surface area contributed by atoms with E-state index in [1.807, 2.05) is 12.2 Å². The molecular formula is C29H38N4O9. The summed E-state index contributed by atoms with van der Waals surface area (Å²) in [5, 5.41) is 26.4. The lowest BCUT2D eigenvalue weighted by Gasteiger charge is -2.30. The number of nitrogens with one attached hydrogen (secondary N) is 2. The molecule has 228 valence electrons. The largest absolute Gasteiger partial charge is 0.488 e. The van der Waals surface area contributed by atoms with Crippen LogP contribution in [-0.2, 0) is 19.1 Å². The van der Waals surface area contributed by atoms with Crippen LogP contribution in [0.5, 0.6) is 5.75 Å². The van der Waals surface area contributed by atoms with Crippen molar-refractivity contribution in [3.05, 3.63) is 46.5 Å². The standard InChI is InChI=1S/C29H38N4O9/c1-28(2,3)42-27(38)30-22-10-8-6-4-5-7-9-18-16-29(18,26(36)37)31-24(34)23-15-21(17-32(23)25(22)35)41-20-13-11-19(12-14-20)33(39)40/h7,9,11-14,18,21-23H,4-6,8,10,15-17H2,1-3H3,(H,30,38)(H,31,34)(H,36,37). The number of ether oxygens (including phenoxy) is 2. The molecule has 3 amide bonds. The van der Waals surface area contributed by atoms with Crippen molar-refractivity contribution >= 4 is 29.6 Å². The molecule has 13 heteroatoms. The maximum absolute atomic E-state index is 14.0. The first-order valence-corrected chi connectivity index (χ1v) is 14.2. The van der Waals surface area contributed by atoms with E-state index in [1.54, 1.807) is 20.8 Å². The summed E-state index contributed by atoms with van der Waals surface area (Å²) in [7, 11) is 0. The lowest BCUT2D eigenvalue weighted by molar-refractivity contribution is -0.384. The van der Waals surface area contributed by atoms with E-state index in [0.717, 1.165) is 19.3 Å². The van der Waals surface area contributed by atoms with Gasteiger partial charge in [0.05, 0.1) is 11.5 Å². The van der Waals surface area contributed by atoms with E-state index >= 15 is 0 Å². The first kappa shape index (κ1) is 30.8. The third kappa shape index (κ3) is 7.37. The summed E-state index contributed by atoms with van der Waals surface area (Å²) in [5.74, 6) is -2.31. The zero-order valence-electron chi connectivity index (χ0n) is 24.0. The highest BCUT2D eigenvalue weighted by Gasteiger charge is 2.61. The van der Waals surface area contributed by atoms with Crippen LogP contribution in [0, 0.1) is 16.0 Å². The number of non-ortho nitro benzene ring substituents is 1. The Hall–Kier alpha value is -4.16. The second kappa shape index (κ2) is 12.4. The van der Waals surface area contributed by atoms with Crippen LogP contribution < -0.4 is 15.4 Å². The maximum Gasteiger partial charge on any atom is 0.408 e. The summed E-state index contributed by atoms with van der Waals surface area (Å²) in [4.78, 5) is 64.3. The van der Waals surface area contributed by atoms with Gasteiger partial charge in [0.1, 0.15) is 35.1 Å². The van der Waals surface area contributed by atoms with Crippen LogP contribution in [0.4, 0.5) is 10.5 Å². The number of carbonyl (C=O) groups is 4. The van der Waals surface area contributed by atoms with Crippen molar-refractivity contribution < 1.29 is 38.7 Å². The maximum atomic E-state index is 14.0. The molecule has 3 aliphatic rings. The molecule has 3 N–H and O–H groups in total. The number of carboxylic acids is 1. The van der Waals surface area contributed by atoms with Gasteiger partial charge in [-0.15, -0.1) is 0 Å². The van der Waals surface area contributed by atoms with Crippen molar-refractivity contribution in [2.24, 2.45) is 5.92 Å². The minimum Gasteiger partial charge on any atom is -0.488 e. The van der Waals surface area contributed by atoms with Crippen molar-refractivity contribution in [3.8, 4) is 5.75 Å². The highest BCUT2D eigenvalue weighted by molar-refractivity contribution is 5.96. The van der Waals surface area contributed by atoms with E-state index in [9.17, 15) is 34.4 Å². The van der Waals surface area contributed by atoms with Crippen LogP contribution in [0.3, 0.4) is 0 Å². The zero-order valence-corrected chi connectivity index (χ0v) is 24.0. The minimum atomic E-state index is -1.45. The fourth-order valence-corrected chi connectivity index (χ4v) is 5.44. The Morgan fingerprint density at radius 1 is 1.17 bits per heavy atom. The molecule has 0 aromatic heterocycles. The molecule has 0 spiro atoms. The number of carbonyl (C=O) groups excluding carboxylic acids is 3. The number of carboxylic acid groups (broad SMARTS) is 1. The molecule has 4 rings (SSSR count). The van der Waals surface area contributed by atoms with Crippen LogP contribution in [-0.4, -0.2) is 74.7 Å². The number of hydrogen-bond donors (Lipinski definition) is 3. The highest BCUT2D eigenvalue weighted by Crippen LogP contribution is 2.45. The van der Waals surface area contributed by atoms with Crippen LogP contribution in [0.15, 0.2) is 36.4 Å². The molecule has 2 aliphatic heterocycles. The summed E-state index contributed by atoms with van der Waals surface area (Å²) >= 11 is 0. The average Bonchev–Trinajstić information content (AvgIpc) is 3.44. The van der Waals surface area contributed by atoms with Gasteiger partial charge in [-0.25, -0.2) is 9.59 Å². The van der Waals surface area contributed by atoms with Gasteiger partial charge in [-0.3, -0.25) is 19.7 Å². The van der Waals surface area contributed by atoms with Crippen LogP contribution >= 0.6 is 0 Å². The number of nitro groups is 1. The Morgan fingerprint density at radius 3 is 2.52 bits per heavy atom. The van der Waals surface area contributed by atoms with Crippen molar-refractivity contribution in [2.75, 3.05) is 6.54 Å². The Bertz CT molecular complexity index is 1240. The van der Waals surface area contributed by atoms with Gasteiger partial charge in [-0.2, -0.15) is 0 Å². The van der Waals surface area contributed by atoms with Gasteiger partial charge in [0.15, 0.2) is 0 Å². The van der Waals surface area contributed by atoms with Crippen molar-refractivity contribution in [3.63, 3.8) is 0 Å².